The molecular formula is C29H31FN6O2S. The van der Waals surface area contributed by atoms with Crippen molar-refractivity contribution in [3.8, 4) is 0 Å². The highest BCUT2D eigenvalue weighted by Crippen LogP contribution is 2.22. The quantitative estimate of drug-likeness (QED) is 0.237. The number of piperazine rings is 1. The standard InChI is InChI=1S/C29H31FN6O2S/c1-33-17-24(16-31-33)15-25-19-36(29(32-28(25)38)39-21-23-7-9-26(30)10-8-23)20-27(37)35-13-11-34(12-14-35)18-22-5-3-2-4-6-22/h2-10,16-17,19H,11-15,18,20-21H2,1H3. The maximum absolute atomic E-state index is 13.4. The van der Waals surface area contributed by atoms with Crippen LogP contribution in [0.3, 0.4) is 0 Å². The van der Waals surface area contributed by atoms with Crippen LogP contribution in [0.15, 0.2) is 83.1 Å². The predicted octanol–water partition coefficient (Wildman–Crippen LogP) is 3.34. The molecule has 0 saturated carbocycles. The maximum Gasteiger partial charge on any atom is 0.277 e. The molecule has 0 unspecified atom stereocenters. The number of aromatic nitrogens is 4. The first-order valence-electron chi connectivity index (χ1n) is 12.9. The molecule has 4 aromatic rings. The van der Waals surface area contributed by atoms with Gasteiger partial charge in [0.25, 0.3) is 5.56 Å². The Kier molecular flexibility index (Phi) is 8.53. The highest BCUT2D eigenvalue weighted by atomic mass is 32.2. The van der Waals surface area contributed by atoms with Crippen LogP contribution in [0, 0.1) is 5.82 Å². The number of nitrogens with zero attached hydrogens (tertiary/aromatic N) is 6. The molecule has 2 aromatic carbocycles. The summed E-state index contributed by atoms with van der Waals surface area (Å²) in [5.41, 5.74) is 3.26. The van der Waals surface area contributed by atoms with Gasteiger partial charge in [0.1, 0.15) is 12.4 Å². The van der Waals surface area contributed by atoms with Crippen LogP contribution in [-0.4, -0.2) is 61.2 Å². The molecule has 3 heterocycles. The molecule has 39 heavy (non-hydrogen) atoms. The fraction of sp³-hybridized carbons (Fsp3) is 0.310. The van der Waals surface area contributed by atoms with Crippen LogP contribution in [0.2, 0.25) is 0 Å². The van der Waals surface area contributed by atoms with Gasteiger partial charge in [-0.15, -0.1) is 0 Å². The lowest BCUT2D eigenvalue weighted by Gasteiger charge is -2.35. The first-order valence-corrected chi connectivity index (χ1v) is 13.9. The van der Waals surface area contributed by atoms with Crippen molar-refractivity contribution in [1.29, 1.82) is 0 Å². The van der Waals surface area contributed by atoms with Crippen molar-refractivity contribution >= 4 is 17.7 Å². The molecule has 0 N–H and O–H groups in total. The van der Waals surface area contributed by atoms with Crippen molar-refractivity contribution in [2.45, 2.75) is 30.4 Å². The van der Waals surface area contributed by atoms with Crippen molar-refractivity contribution in [3.63, 3.8) is 0 Å². The molecule has 1 fully saturated rings. The number of hydrogen-bond acceptors (Lipinski definition) is 6. The second-order valence-corrected chi connectivity index (χ2v) is 10.7. The normalized spacial score (nSPS) is 14.1. The number of carbonyl (C=O) groups excluding carboxylic acids is 1. The SMILES string of the molecule is Cn1cc(Cc2cn(CC(=O)N3CCN(Cc4ccccc4)CC3)c(SCc3ccc(F)cc3)nc2=O)cn1. The number of aryl methyl sites for hydroxylation is 1. The second-order valence-electron chi connectivity index (χ2n) is 9.74. The van der Waals surface area contributed by atoms with Crippen molar-refractivity contribution in [1.82, 2.24) is 29.1 Å². The zero-order chi connectivity index (χ0) is 27.2. The van der Waals surface area contributed by atoms with Crippen molar-refractivity contribution < 1.29 is 9.18 Å². The maximum atomic E-state index is 13.4. The summed E-state index contributed by atoms with van der Waals surface area (Å²) in [6.45, 7) is 3.88. The number of carbonyl (C=O) groups is 1. The van der Waals surface area contributed by atoms with E-state index in [0.717, 1.165) is 30.8 Å². The van der Waals surface area contributed by atoms with Gasteiger partial charge in [0, 0.05) is 69.9 Å². The van der Waals surface area contributed by atoms with E-state index in [1.807, 2.05) is 36.3 Å². The van der Waals surface area contributed by atoms with Gasteiger partial charge in [0.15, 0.2) is 5.16 Å². The van der Waals surface area contributed by atoms with Crippen LogP contribution in [0.5, 0.6) is 0 Å². The predicted molar refractivity (Wildman–Crippen MR) is 149 cm³/mol. The van der Waals surface area contributed by atoms with Crippen LogP contribution in [0.1, 0.15) is 22.3 Å². The highest BCUT2D eigenvalue weighted by Gasteiger charge is 2.22. The van der Waals surface area contributed by atoms with E-state index in [1.165, 1.54) is 29.5 Å². The summed E-state index contributed by atoms with van der Waals surface area (Å²) in [5.74, 6) is 0.199. The number of hydrogen-bond donors (Lipinski definition) is 0. The highest BCUT2D eigenvalue weighted by molar-refractivity contribution is 7.98. The smallest absolute Gasteiger partial charge is 0.277 e. The fourth-order valence-corrected chi connectivity index (χ4v) is 5.54. The van der Waals surface area contributed by atoms with Gasteiger partial charge in [0.05, 0.1) is 6.20 Å². The van der Waals surface area contributed by atoms with E-state index in [1.54, 1.807) is 33.8 Å². The van der Waals surface area contributed by atoms with Gasteiger partial charge in [0.2, 0.25) is 5.91 Å². The minimum absolute atomic E-state index is 0.00392. The molecule has 5 rings (SSSR count). The second kappa shape index (κ2) is 12.4. The van der Waals surface area contributed by atoms with E-state index in [2.05, 4.69) is 27.1 Å². The topological polar surface area (TPSA) is 76.3 Å². The Morgan fingerprint density at radius 2 is 1.69 bits per heavy atom. The molecule has 8 nitrogen and oxygen atoms in total. The molecule has 1 saturated heterocycles. The summed E-state index contributed by atoms with van der Waals surface area (Å²) in [4.78, 5) is 34.9. The van der Waals surface area contributed by atoms with Gasteiger partial charge in [-0.3, -0.25) is 19.2 Å². The van der Waals surface area contributed by atoms with E-state index >= 15 is 0 Å². The van der Waals surface area contributed by atoms with E-state index in [9.17, 15) is 14.0 Å². The van der Waals surface area contributed by atoms with Gasteiger partial charge in [-0.25, -0.2) is 4.39 Å². The van der Waals surface area contributed by atoms with Gasteiger partial charge in [-0.2, -0.15) is 10.1 Å². The largest absolute Gasteiger partial charge is 0.339 e. The lowest BCUT2D eigenvalue weighted by molar-refractivity contribution is -0.133. The molecule has 0 atom stereocenters. The Hall–Kier alpha value is -3.76. The average molecular weight is 547 g/mol. The lowest BCUT2D eigenvalue weighted by Crippen LogP contribution is -2.49. The molecule has 0 bridgehead atoms. The van der Waals surface area contributed by atoms with Crippen LogP contribution in [-0.2, 0) is 37.1 Å². The molecule has 10 heteroatoms. The zero-order valence-electron chi connectivity index (χ0n) is 21.9. The van der Waals surface area contributed by atoms with Crippen molar-refractivity contribution in [3.05, 3.63) is 112 Å². The molecule has 0 radical (unpaired) electrons. The van der Waals surface area contributed by atoms with E-state index in [-0.39, 0.29) is 23.8 Å². The van der Waals surface area contributed by atoms with E-state index in [4.69, 9.17) is 0 Å². The van der Waals surface area contributed by atoms with Crippen LogP contribution in [0.25, 0.3) is 0 Å². The third kappa shape index (κ3) is 7.21. The molecule has 2 aromatic heterocycles. The summed E-state index contributed by atoms with van der Waals surface area (Å²) in [6.07, 6.45) is 5.72. The average Bonchev–Trinajstić information content (AvgIpc) is 3.35. The fourth-order valence-electron chi connectivity index (χ4n) is 4.63. The Morgan fingerprint density at radius 3 is 2.38 bits per heavy atom. The summed E-state index contributed by atoms with van der Waals surface area (Å²) < 4.78 is 16.8. The molecule has 1 aliphatic heterocycles. The Labute approximate surface area is 231 Å². The zero-order valence-corrected chi connectivity index (χ0v) is 22.7. The first-order chi connectivity index (χ1) is 18.9. The molecule has 1 amide bonds. The summed E-state index contributed by atoms with van der Waals surface area (Å²) in [5, 5.41) is 4.65. The number of thioether (sulfide) groups is 1. The summed E-state index contributed by atoms with van der Waals surface area (Å²) >= 11 is 1.36. The van der Waals surface area contributed by atoms with Crippen molar-refractivity contribution in [2.24, 2.45) is 7.05 Å². The van der Waals surface area contributed by atoms with Gasteiger partial charge in [-0.1, -0.05) is 54.2 Å². The third-order valence-electron chi connectivity index (χ3n) is 6.74. The van der Waals surface area contributed by atoms with Crippen LogP contribution < -0.4 is 5.56 Å². The van der Waals surface area contributed by atoms with Crippen molar-refractivity contribution in [2.75, 3.05) is 26.2 Å². The number of rotatable bonds is 9. The summed E-state index contributed by atoms with van der Waals surface area (Å²) in [6, 6.07) is 16.6. The van der Waals surface area contributed by atoms with Gasteiger partial charge in [-0.05, 0) is 28.8 Å². The van der Waals surface area contributed by atoms with Crippen LogP contribution in [0.4, 0.5) is 4.39 Å². The minimum Gasteiger partial charge on any atom is -0.339 e. The van der Waals surface area contributed by atoms with Gasteiger partial charge >= 0.3 is 0 Å². The minimum atomic E-state index is -0.321. The van der Waals surface area contributed by atoms with E-state index < -0.39 is 0 Å². The lowest BCUT2D eigenvalue weighted by atomic mass is 10.1. The molecule has 1 aliphatic rings. The van der Waals surface area contributed by atoms with Gasteiger partial charge < -0.3 is 9.47 Å². The number of halogens is 1. The molecular weight excluding hydrogens is 515 g/mol. The Bertz CT molecular complexity index is 1460. The molecule has 0 spiro atoms. The Balaban J connectivity index is 1.29. The monoisotopic (exact) mass is 546 g/mol. The van der Waals surface area contributed by atoms with E-state index in [0.29, 0.717) is 36.0 Å². The summed E-state index contributed by atoms with van der Waals surface area (Å²) in [7, 11) is 1.83. The Morgan fingerprint density at radius 1 is 0.949 bits per heavy atom. The molecule has 0 aliphatic carbocycles. The first kappa shape index (κ1) is 26.8. The third-order valence-corrected chi connectivity index (χ3v) is 7.80. The number of benzene rings is 2. The number of amides is 1. The van der Waals surface area contributed by atoms with Crippen LogP contribution >= 0.6 is 11.8 Å². The molecule has 202 valence electrons.